The average molecular weight is 377 g/mol. The van der Waals surface area contributed by atoms with Crippen molar-refractivity contribution in [3.8, 4) is 0 Å². The largest absolute Gasteiger partial charge is 0.388 e. The van der Waals surface area contributed by atoms with Crippen LogP contribution in [0.3, 0.4) is 0 Å². The van der Waals surface area contributed by atoms with Crippen molar-refractivity contribution in [1.82, 2.24) is 19.5 Å². The first-order chi connectivity index (χ1) is 12.7. The third-order valence-corrected chi connectivity index (χ3v) is 5.44. The quantitative estimate of drug-likeness (QED) is 0.675. The zero-order chi connectivity index (χ0) is 18.1. The van der Waals surface area contributed by atoms with Crippen molar-refractivity contribution < 1.29 is 14.9 Å². The first-order valence-corrected chi connectivity index (χ1v) is 9.55. The summed E-state index contributed by atoms with van der Waals surface area (Å²) in [4.78, 5) is 13.1. The van der Waals surface area contributed by atoms with Crippen molar-refractivity contribution in [3.63, 3.8) is 0 Å². The van der Waals surface area contributed by atoms with E-state index in [4.69, 9.17) is 17.0 Å². The maximum Gasteiger partial charge on any atom is 0.167 e. The molecule has 1 saturated heterocycles. The molecule has 2 aromatic heterocycles. The Morgan fingerprint density at radius 3 is 2.77 bits per heavy atom. The molecule has 1 aliphatic heterocycles. The Morgan fingerprint density at radius 2 is 2.00 bits per heavy atom. The summed E-state index contributed by atoms with van der Waals surface area (Å²) in [6.45, 7) is 0. The second-order valence-corrected chi connectivity index (χ2v) is 7.31. The highest BCUT2D eigenvalue weighted by Gasteiger charge is 2.43. The van der Waals surface area contributed by atoms with Crippen LogP contribution >= 0.6 is 12.2 Å². The molecule has 140 valence electrons. The van der Waals surface area contributed by atoms with Gasteiger partial charge >= 0.3 is 0 Å². The van der Waals surface area contributed by atoms with Crippen LogP contribution in [0.15, 0.2) is 12.7 Å². The Hall–Kier alpha value is -1.68. The van der Waals surface area contributed by atoms with Gasteiger partial charge in [0.1, 0.15) is 18.5 Å². The normalized spacial score (nSPS) is 29.9. The molecule has 3 heterocycles. The van der Waals surface area contributed by atoms with Crippen molar-refractivity contribution in [1.29, 1.82) is 0 Å². The van der Waals surface area contributed by atoms with E-state index in [9.17, 15) is 10.2 Å². The topological polar surface area (TPSA) is 105 Å². The molecule has 0 radical (unpaired) electrons. The average Bonchev–Trinajstić information content (AvgIpc) is 3.20. The lowest BCUT2D eigenvalue weighted by atomic mass is 9.95. The van der Waals surface area contributed by atoms with Crippen molar-refractivity contribution >= 4 is 34.6 Å². The summed E-state index contributed by atoms with van der Waals surface area (Å²) in [6, 6.07) is 0.397. The smallest absolute Gasteiger partial charge is 0.167 e. The lowest BCUT2D eigenvalue weighted by molar-refractivity contribution is -0.0324. The lowest BCUT2D eigenvalue weighted by Crippen LogP contribution is -2.31. The number of hydrogen-bond donors (Lipinski definition) is 3. The minimum absolute atomic E-state index is 0.389. The van der Waals surface area contributed by atoms with Gasteiger partial charge < -0.3 is 20.3 Å². The molecular weight excluding hydrogens is 354 g/mol. The molecule has 2 aliphatic rings. The number of aromatic nitrogens is 4. The maximum atomic E-state index is 10.4. The van der Waals surface area contributed by atoms with Crippen molar-refractivity contribution in [2.24, 2.45) is 0 Å². The predicted octanol–water partition coefficient (Wildman–Crippen LogP) is 1.58. The predicted molar refractivity (Wildman–Crippen MR) is 100 cm³/mol. The Balaban J connectivity index is 1.61. The molecule has 1 aliphatic carbocycles. The maximum absolute atomic E-state index is 10.4. The van der Waals surface area contributed by atoms with Crippen LogP contribution in [-0.4, -0.2) is 59.5 Å². The van der Waals surface area contributed by atoms with Crippen LogP contribution in [0.2, 0.25) is 0 Å². The molecule has 3 N–H and O–H groups in total. The number of nitrogens with one attached hydrogen (secondary N) is 1. The molecular formula is C17H23N5O3S. The van der Waals surface area contributed by atoms with Crippen LogP contribution < -0.4 is 5.32 Å². The summed E-state index contributed by atoms with van der Waals surface area (Å²) in [5, 5.41) is 25.5. The molecule has 0 unspecified atom stereocenters. The zero-order valence-electron chi connectivity index (χ0n) is 14.4. The molecule has 9 heteroatoms. The highest BCUT2D eigenvalue weighted by Crippen LogP contribution is 2.33. The van der Waals surface area contributed by atoms with Gasteiger partial charge in [0.15, 0.2) is 23.2 Å². The number of imidazole rings is 1. The number of ether oxygens (including phenoxy) is 1. The number of aliphatic hydroxyl groups is 2. The van der Waals surface area contributed by atoms with E-state index < -0.39 is 24.5 Å². The molecule has 26 heavy (non-hydrogen) atoms. The van der Waals surface area contributed by atoms with Gasteiger partial charge in [-0.1, -0.05) is 31.5 Å². The summed E-state index contributed by atoms with van der Waals surface area (Å²) in [5.74, 6) is 0.698. The van der Waals surface area contributed by atoms with Gasteiger partial charge in [0.2, 0.25) is 0 Å². The number of fused-ring (bicyclic) bond motifs is 1. The molecule has 0 aromatic carbocycles. The SMILES string of the molecule is O[C@@H]1[C@H](O)[C@@H](CC=S)O[C@H]1n1cnc2c(NC3CCCCC3)ncnc21. The second-order valence-electron chi connectivity index (χ2n) is 6.97. The van der Waals surface area contributed by atoms with Crippen LogP contribution in [0, 0.1) is 0 Å². The summed E-state index contributed by atoms with van der Waals surface area (Å²) >= 11 is 4.84. The van der Waals surface area contributed by atoms with E-state index in [0.717, 1.165) is 12.8 Å². The van der Waals surface area contributed by atoms with Crippen LogP contribution in [0.25, 0.3) is 11.2 Å². The highest BCUT2D eigenvalue weighted by molar-refractivity contribution is 7.78. The summed E-state index contributed by atoms with van der Waals surface area (Å²) in [7, 11) is 0. The van der Waals surface area contributed by atoms with Crippen molar-refractivity contribution in [3.05, 3.63) is 12.7 Å². The first-order valence-electron chi connectivity index (χ1n) is 9.08. The second kappa shape index (κ2) is 7.51. The van der Waals surface area contributed by atoms with E-state index in [1.54, 1.807) is 10.9 Å². The molecule has 0 bridgehead atoms. The number of hydrogen-bond acceptors (Lipinski definition) is 8. The van der Waals surface area contributed by atoms with Gasteiger partial charge in [0.05, 0.1) is 12.4 Å². The number of aliphatic hydroxyl groups excluding tert-OH is 2. The van der Waals surface area contributed by atoms with E-state index in [1.807, 2.05) is 0 Å². The fraction of sp³-hybridized carbons (Fsp3) is 0.647. The molecule has 1 saturated carbocycles. The summed E-state index contributed by atoms with van der Waals surface area (Å²) < 4.78 is 7.47. The van der Waals surface area contributed by atoms with Crippen molar-refractivity contribution in [2.45, 2.75) is 69.1 Å². The van der Waals surface area contributed by atoms with Gasteiger partial charge in [-0.3, -0.25) is 4.57 Å². The molecule has 2 aromatic rings. The number of anilines is 1. The van der Waals surface area contributed by atoms with E-state index in [1.165, 1.54) is 31.0 Å². The Labute approximate surface area is 156 Å². The minimum atomic E-state index is -1.07. The van der Waals surface area contributed by atoms with Gasteiger partial charge in [-0.05, 0) is 18.2 Å². The lowest BCUT2D eigenvalue weighted by Gasteiger charge is -2.23. The summed E-state index contributed by atoms with van der Waals surface area (Å²) in [5.41, 5.74) is 1.21. The fourth-order valence-electron chi connectivity index (χ4n) is 3.83. The van der Waals surface area contributed by atoms with Crippen LogP contribution in [0.4, 0.5) is 5.82 Å². The first kappa shape index (κ1) is 17.7. The molecule has 4 rings (SSSR count). The molecule has 4 atom stereocenters. The molecule has 0 amide bonds. The van der Waals surface area contributed by atoms with E-state index in [0.29, 0.717) is 29.4 Å². The molecule has 2 fully saturated rings. The monoisotopic (exact) mass is 377 g/mol. The van der Waals surface area contributed by atoms with E-state index in [-0.39, 0.29) is 0 Å². The number of thiocarbonyl (C=S) groups is 1. The minimum Gasteiger partial charge on any atom is -0.388 e. The number of rotatable bonds is 5. The number of nitrogens with zero attached hydrogens (tertiary/aromatic N) is 4. The van der Waals surface area contributed by atoms with E-state index in [2.05, 4.69) is 20.3 Å². The Bertz CT molecular complexity index is 779. The van der Waals surface area contributed by atoms with Crippen LogP contribution in [0.1, 0.15) is 44.8 Å². The van der Waals surface area contributed by atoms with Crippen LogP contribution in [-0.2, 0) is 4.74 Å². The fourth-order valence-corrected chi connectivity index (χ4v) is 4.02. The zero-order valence-corrected chi connectivity index (χ0v) is 15.2. The molecule has 0 spiro atoms. The Kier molecular flexibility index (Phi) is 5.12. The van der Waals surface area contributed by atoms with Gasteiger partial charge in [-0.25, -0.2) is 15.0 Å². The van der Waals surface area contributed by atoms with Crippen LogP contribution in [0.5, 0.6) is 0 Å². The van der Waals surface area contributed by atoms with Gasteiger partial charge in [-0.15, -0.1) is 0 Å². The third kappa shape index (κ3) is 3.20. The standard InChI is InChI=1S/C17H23N5O3S/c23-13-11(6-7-26)25-17(14(13)24)22-9-20-12-15(18-8-19-16(12)22)21-10-4-2-1-3-5-10/h7-11,13-14,17,23-24H,1-6H2,(H,18,19,21)/t11-,13-,14-,17-/m1/s1. The summed E-state index contributed by atoms with van der Waals surface area (Å²) in [6.07, 6.45) is 6.07. The van der Waals surface area contributed by atoms with E-state index >= 15 is 0 Å². The van der Waals surface area contributed by atoms with Gasteiger partial charge in [0, 0.05) is 12.5 Å². The van der Waals surface area contributed by atoms with Gasteiger partial charge in [-0.2, -0.15) is 0 Å². The Morgan fingerprint density at radius 1 is 1.19 bits per heavy atom. The van der Waals surface area contributed by atoms with Crippen molar-refractivity contribution in [2.75, 3.05) is 5.32 Å². The molecule has 8 nitrogen and oxygen atoms in total. The van der Waals surface area contributed by atoms with Gasteiger partial charge in [0.25, 0.3) is 0 Å². The third-order valence-electron chi connectivity index (χ3n) is 5.24. The highest BCUT2D eigenvalue weighted by atomic mass is 32.1.